The SMILES string of the molecule is Cc1ccc(OCOCC2CC2)c(C#CCCCl)c1. The predicted molar refractivity (Wildman–Crippen MR) is 77.6 cm³/mol. The lowest BCUT2D eigenvalue weighted by Crippen LogP contribution is -2.06. The van der Waals surface area contributed by atoms with E-state index in [0.717, 1.165) is 23.8 Å². The summed E-state index contributed by atoms with van der Waals surface area (Å²) < 4.78 is 11.1. The Bertz CT molecular complexity index is 469. The molecule has 1 aliphatic carbocycles. The maximum atomic E-state index is 5.64. The molecule has 0 amide bonds. The second kappa shape index (κ2) is 7.43. The smallest absolute Gasteiger partial charge is 0.189 e. The second-order valence-corrected chi connectivity index (χ2v) is 5.19. The first-order chi connectivity index (χ1) is 9.29. The van der Waals surface area contributed by atoms with E-state index in [1.54, 1.807) is 0 Å². The van der Waals surface area contributed by atoms with Gasteiger partial charge in [-0.15, -0.1) is 11.6 Å². The van der Waals surface area contributed by atoms with Crippen LogP contribution in [-0.2, 0) is 4.74 Å². The Balaban J connectivity index is 1.91. The first-order valence-corrected chi connectivity index (χ1v) is 7.19. The highest BCUT2D eigenvalue weighted by Crippen LogP contribution is 2.28. The molecule has 0 heterocycles. The molecule has 0 bridgehead atoms. The maximum absolute atomic E-state index is 5.64. The van der Waals surface area contributed by atoms with E-state index in [-0.39, 0.29) is 0 Å². The number of aryl methyl sites for hydroxylation is 1. The van der Waals surface area contributed by atoms with E-state index in [2.05, 4.69) is 11.8 Å². The van der Waals surface area contributed by atoms with Gasteiger partial charge in [0.1, 0.15) is 5.75 Å². The van der Waals surface area contributed by atoms with Crippen LogP contribution in [0.5, 0.6) is 5.75 Å². The molecule has 2 rings (SSSR count). The van der Waals surface area contributed by atoms with Crippen molar-refractivity contribution in [2.24, 2.45) is 5.92 Å². The van der Waals surface area contributed by atoms with Crippen LogP contribution in [0.3, 0.4) is 0 Å². The van der Waals surface area contributed by atoms with Crippen LogP contribution in [0.2, 0.25) is 0 Å². The van der Waals surface area contributed by atoms with Gasteiger partial charge >= 0.3 is 0 Å². The van der Waals surface area contributed by atoms with Gasteiger partial charge in [-0.25, -0.2) is 0 Å². The van der Waals surface area contributed by atoms with Crippen LogP contribution < -0.4 is 4.74 Å². The number of hydrogen-bond acceptors (Lipinski definition) is 2. The van der Waals surface area contributed by atoms with Crippen molar-refractivity contribution in [3.05, 3.63) is 29.3 Å². The minimum atomic E-state index is 0.295. The number of rotatable bonds is 6. The zero-order valence-electron chi connectivity index (χ0n) is 11.2. The van der Waals surface area contributed by atoms with E-state index in [4.69, 9.17) is 21.1 Å². The molecule has 1 saturated carbocycles. The lowest BCUT2D eigenvalue weighted by atomic mass is 10.1. The van der Waals surface area contributed by atoms with E-state index in [0.29, 0.717) is 19.1 Å². The van der Waals surface area contributed by atoms with Crippen molar-refractivity contribution in [2.75, 3.05) is 19.3 Å². The molecule has 0 N–H and O–H groups in total. The molecule has 1 aromatic carbocycles. The Morgan fingerprint density at radius 3 is 2.95 bits per heavy atom. The van der Waals surface area contributed by atoms with Gasteiger partial charge in [0.15, 0.2) is 6.79 Å². The summed E-state index contributed by atoms with van der Waals surface area (Å²) in [5.41, 5.74) is 2.07. The molecule has 1 fully saturated rings. The molecule has 0 unspecified atom stereocenters. The van der Waals surface area contributed by atoms with E-state index >= 15 is 0 Å². The van der Waals surface area contributed by atoms with Gasteiger partial charge < -0.3 is 9.47 Å². The molecule has 3 heteroatoms. The number of hydrogen-bond donors (Lipinski definition) is 0. The van der Waals surface area contributed by atoms with E-state index in [1.807, 2.05) is 25.1 Å². The summed E-state index contributed by atoms with van der Waals surface area (Å²) in [6.45, 7) is 3.14. The van der Waals surface area contributed by atoms with Crippen LogP contribution in [0.4, 0.5) is 0 Å². The largest absolute Gasteiger partial charge is 0.466 e. The normalized spacial score (nSPS) is 13.8. The van der Waals surface area contributed by atoms with Crippen molar-refractivity contribution in [3.8, 4) is 17.6 Å². The van der Waals surface area contributed by atoms with E-state index < -0.39 is 0 Å². The standard InChI is InChI=1S/C16H19ClO2/c1-13-5-8-16(15(10-13)4-2-3-9-17)19-12-18-11-14-6-7-14/h5,8,10,14H,3,6-7,9,11-12H2,1H3. The summed E-state index contributed by atoms with van der Waals surface area (Å²) in [5, 5.41) is 0. The summed E-state index contributed by atoms with van der Waals surface area (Å²) in [5.74, 6) is 8.23. The fraction of sp³-hybridized carbons (Fsp3) is 0.500. The van der Waals surface area contributed by atoms with Crippen molar-refractivity contribution in [1.82, 2.24) is 0 Å². The van der Waals surface area contributed by atoms with Gasteiger partial charge in [-0.3, -0.25) is 0 Å². The van der Waals surface area contributed by atoms with Crippen LogP contribution in [0, 0.1) is 24.7 Å². The fourth-order valence-electron chi connectivity index (χ4n) is 1.68. The van der Waals surface area contributed by atoms with Gasteiger partial charge in [0.05, 0.1) is 12.2 Å². The Kier molecular flexibility index (Phi) is 5.57. The molecule has 0 aromatic heterocycles. The summed E-state index contributed by atoms with van der Waals surface area (Å²) in [6, 6.07) is 5.99. The summed E-state index contributed by atoms with van der Waals surface area (Å²) in [4.78, 5) is 0. The van der Waals surface area contributed by atoms with Gasteiger partial charge in [0.2, 0.25) is 0 Å². The van der Waals surface area contributed by atoms with Gasteiger partial charge in [-0.2, -0.15) is 0 Å². The van der Waals surface area contributed by atoms with Crippen molar-refractivity contribution in [1.29, 1.82) is 0 Å². The Hall–Kier alpha value is -1.17. The molecule has 102 valence electrons. The fourth-order valence-corrected chi connectivity index (χ4v) is 1.77. The molecule has 19 heavy (non-hydrogen) atoms. The third kappa shape index (κ3) is 5.14. The molecular formula is C16H19ClO2. The van der Waals surface area contributed by atoms with Gasteiger partial charge in [-0.05, 0) is 43.4 Å². The summed E-state index contributed by atoms with van der Waals surface area (Å²) >= 11 is 5.62. The summed E-state index contributed by atoms with van der Waals surface area (Å²) in [7, 11) is 0. The average molecular weight is 279 g/mol. The zero-order valence-corrected chi connectivity index (χ0v) is 12.0. The minimum Gasteiger partial charge on any atom is -0.466 e. The van der Waals surface area contributed by atoms with Gasteiger partial charge in [-0.1, -0.05) is 17.9 Å². The highest BCUT2D eigenvalue weighted by molar-refractivity contribution is 6.18. The van der Waals surface area contributed by atoms with E-state index in [9.17, 15) is 0 Å². The third-order valence-electron chi connectivity index (χ3n) is 2.93. The second-order valence-electron chi connectivity index (χ2n) is 4.82. The molecule has 1 aliphatic rings. The Labute approximate surface area is 120 Å². The molecule has 2 nitrogen and oxygen atoms in total. The van der Waals surface area contributed by atoms with Crippen LogP contribution in [0.1, 0.15) is 30.4 Å². The zero-order chi connectivity index (χ0) is 13.5. The maximum Gasteiger partial charge on any atom is 0.189 e. The first-order valence-electron chi connectivity index (χ1n) is 6.65. The lowest BCUT2D eigenvalue weighted by molar-refractivity contribution is 0.00982. The van der Waals surface area contributed by atoms with Crippen LogP contribution in [-0.4, -0.2) is 19.3 Å². The third-order valence-corrected chi connectivity index (χ3v) is 3.11. The van der Waals surface area contributed by atoms with Crippen LogP contribution >= 0.6 is 11.6 Å². The Morgan fingerprint density at radius 1 is 1.37 bits per heavy atom. The first kappa shape index (κ1) is 14.2. The van der Waals surface area contributed by atoms with Crippen molar-refractivity contribution < 1.29 is 9.47 Å². The molecule has 1 aromatic rings. The molecule has 0 aliphatic heterocycles. The van der Waals surface area contributed by atoms with Gasteiger partial charge in [0, 0.05) is 12.3 Å². The molecular weight excluding hydrogens is 260 g/mol. The van der Waals surface area contributed by atoms with Crippen LogP contribution in [0.25, 0.3) is 0 Å². The molecule has 0 radical (unpaired) electrons. The van der Waals surface area contributed by atoms with E-state index in [1.165, 1.54) is 18.4 Å². The minimum absolute atomic E-state index is 0.295. The highest BCUT2D eigenvalue weighted by Gasteiger charge is 2.21. The van der Waals surface area contributed by atoms with Gasteiger partial charge in [0.25, 0.3) is 0 Å². The van der Waals surface area contributed by atoms with Crippen LogP contribution in [0.15, 0.2) is 18.2 Å². The number of benzene rings is 1. The monoisotopic (exact) mass is 278 g/mol. The lowest BCUT2D eigenvalue weighted by Gasteiger charge is -2.09. The molecule has 0 saturated heterocycles. The summed E-state index contributed by atoms with van der Waals surface area (Å²) in [6.07, 6.45) is 3.27. The number of halogens is 1. The highest BCUT2D eigenvalue weighted by atomic mass is 35.5. The Morgan fingerprint density at radius 2 is 2.21 bits per heavy atom. The van der Waals surface area contributed by atoms with Crippen molar-refractivity contribution in [3.63, 3.8) is 0 Å². The predicted octanol–water partition coefficient (Wildman–Crippen LogP) is 3.74. The van der Waals surface area contributed by atoms with Crippen molar-refractivity contribution in [2.45, 2.75) is 26.2 Å². The molecule has 0 spiro atoms. The molecule has 0 atom stereocenters. The average Bonchev–Trinajstić information content (AvgIpc) is 3.21. The topological polar surface area (TPSA) is 18.5 Å². The number of ether oxygens (including phenoxy) is 2. The van der Waals surface area contributed by atoms with Crippen molar-refractivity contribution >= 4 is 11.6 Å². The number of alkyl halides is 1. The quantitative estimate of drug-likeness (QED) is 0.342.